The Balaban J connectivity index is 1.11. The Kier molecular flexibility index (Phi) is 8.53. The quantitative estimate of drug-likeness (QED) is 0.150. The highest BCUT2D eigenvalue weighted by Crippen LogP contribution is 2.48. The maximum atomic E-state index is 6.95. The van der Waals surface area contributed by atoms with Crippen molar-refractivity contribution in [3.8, 4) is 44.5 Å². The molecule has 0 atom stereocenters. The number of anilines is 3. The average molecular weight is 790 g/mol. The SMILES string of the molecule is c1ccc(-c2cccc(-c3cccc(N(c4cccc(-c5cc6ccccc6c6ccccc56)c4)c4ccc(-c5cccc6ccccc56)c5oc6ccccc6c45)c3)c2)cc1. The second-order valence-electron chi connectivity index (χ2n) is 16.0. The molecule has 12 aromatic rings. The van der Waals surface area contributed by atoms with E-state index in [-0.39, 0.29) is 0 Å². The predicted molar refractivity (Wildman–Crippen MR) is 263 cm³/mol. The molecule has 0 saturated carbocycles. The number of hydrogen-bond donors (Lipinski definition) is 0. The zero-order valence-corrected chi connectivity index (χ0v) is 33.9. The first-order valence-corrected chi connectivity index (χ1v) is 21.2. The first-order chi connectivity index (χ1) is 30.7. The maximum absolute atomic E-state index is 6.95. The number of rotatable bonds is 7. The molecule has 0 aliphatic rings. The van der Waals surface area contributed by atoms with E-state index < -0.39 is 0 Å². The Morgan fingerprint density at radius 2 is 0.839 bits per heavy atom. The lowest BCUT2D eigenvalue weighted by atomic mass is 9.93. The van der Waals surface area contributed by atoms with Crippen LogP contribution in [0.4, 0.5) is 17.1 Å². The van der Waals surface area contributed by atoms with Crippen LogP contribution in [0, 0.1) is 0 Å². The van der Waals surface area contributed by atoms with E-state index in [0.717, 1.165) is 66.8 Å². The van der Waals surface area contributed by atoms with Gasteiger partial charge in [-0.15, -0.1) is 0 Å². The normalized spacial score (nSPS) is 11.5. The number of fused-ring (bicyclic) bond motifs is 7. The molecule has 0 saturated heterocycles. The van der Waals surface area contributed by atoms with Crippen molar-refractivity contribution in [1.29, 1.82) is 0 Å². The molecule has 1 aromatic heterocycles. The van der Waals surface area contributed by atoms with Crippen LogP contribution in [-0.4, -0.2) is 0 Å². The molecular weight excluding hydrogens is 751 g/mol. The first kappa shape index (κ1) is 35.7. The highest BCUT2D eigenvalue weighted by Gasteiger charge is 2.24. The van der Waals surface area contributed by atoms with Gasteiger partial charge in [-0.1, -0.05) is 182 Å². The summed E-state index contributed by atoms with van der Waals surface area (Å²) in [6.45, 7) is 0. The van der Waals surface area contributed by atoms with Gasteiger partial charge in [0, 0.05) is 22.3 Å². The minimum Gasteiger partial charge on any atom is -0.455 e. The summed E-state index contributed by atoms with van der Waals surface area (Å²) in [5, 5.41) is 9.52. The van der Waals surface area contributed by atoms with Crippen molar-refractivity contribution < 1.29 is 4.42 Å². The van der Waals surface area contributed by atoms with Crippen molar-refractivity contribution >= 4 is 71.3 Å². The van der Waals surface area contributed by atoms with Crippen molar-refractivity contribution in [2.45, 2.75) is 0 Å². The van der Waals surface area contributed by atoms with Crippen LogP contribution in [0.25, 0.3) is 98.8 Å². The summed E-state index contributed by atoms with van der Waals surface area (Å²) in [5.41, 5.74) is 14.2. The van der Waals surface area contributed by atoms with Gasteiger partial charge in [0.25, 0.3) is 0 Å². The number of nitrogens with zero attached hydrogens (tertiary/aromatic N) is 1. The van der Waals surface area contributed by atoms with Crippen LogP contribution in [0.15, 0.2) is 241 Å². The van der Waals surface area contributed by atoms with E-state index in [4.69, 9.17) is 4.42 Å². The third-order valence-corrected chi connectivity index (χ3v) is 12.4. The molecule has 11 aromatic carbocycles. The van der Waals surface area contributed by atoms with Gasteiger partial charge in [-0.2, -0.15) is 0 Å². The lowest BCUT2D eigenvalue weighted by Gasteiger charge is -2.28. The van der Waals surface area contributed by atoms with Crippen LogP contribution in [-0.2, 0) is 0 Å². The minimum atomic E-state index is 0.860. The van der Waals surface area contributed by atoms with E-state index in [0.29, 0.717) is 0 Å². The molecule has 62 heavy (non-hydrogen) atoms. The molecule has 0 bridgehead atoms. The highest BCUT2D eigenvalue weighted by atomic mass is 16.3. The lowest BCUT2D eigenvalue weighted by Crippen LogP contribution is -2.11. The fourth-order valence-corrected chi connectivity index (χ4v) is 9.54. The van der Waals surface area contributed by atoms with Crippen LogP contribution in [0.5, 0.6) is 0 Å². The molecule has 2 nitrogen and oxygen atoms in total. The Labute approximate surface area is 360 Å². The second kappa shape index (κ2) is 14.8. The van der Waals surface area contributed by atoms with E-state index in [9.17, 15) is 0 Å². The van der Waals surface area contributed by atoms with Crippen LogP contribution in [0.3, 0.4) is 0 Å². The Hall–Kier alpha value is -8.20. The third-order valence-electron chi connectivity index (χ3n) is 12.4. The summed E-state index contributed by atoms with van der Waals surface area (Å²) in [6.07, 6.45) is 0. The monoisotopic (exact) mass is 789 g/mol. The maximum Gasteiger partial charge on any atom is 0.145 e. The zero-order chi connectivity index (χ0) is 41.0. The summed E-state index contributed by atoms with van der Waals surface area (Å²) in [4.78, 5) is 2.43. The molecule has 0 N–H and O–H groups in total. The van der Waals surface area contributed by atoms with Crippen LogP contribution in [0.1, 0.15) is 0 Å². The van der Waals surface area contributed by atoms with E-state index in [2.05, 4.69) is 241 Å². The first-order valence-electron chi connectivity index (χ1n) is 21.2. The predicted octanol–water partition coefficient (Wildman–Crippen LogP) is 17.2. The van der Waals surface area contributed by atoms with Gasteiger partial charge >= 0.3 is 0 Å². The topological polar surface area (TPSA) is 16.4 Å². The minimum absolute atomic E-state index is 0.860. The van der Waals surface area contributed by atoms with E-state index in [1.807, 2.05) is 0 Å². The molecule has 290 valence electrons. The van der Waals surface area contributed by atoms with Crippen LogP contribution >= 0.6 is 0 Å². The van der Waals surface area contributed by atoms with Gasteiger partial charge in [0.05, 0.1) is 11.1 Å². The number of para-hydroxylation sites is 1. The lowest BCUT2D eigenvalue weighted by molar-refractivity contribution is 0.670. The van der Waals surface area contributed by atoms with Crippen molar-refractivity contribution in [3.05, 3.63) is 237 Å². The Morgan fingerprint density at radius 3 is 1.65 bits per heavy atom. The van der Waals surface area contributed by atoms with Gasteiger partial charge in [-0.3, -0.25) is 0 Å². The number of furan rings is 1. The van der Waals surface area contributed by atoms with E-state index in [1.165, 1.54) is 49.0 Å². The van der Waals surface area contributed by atoms with Gasteiger partial charge in [0.2, 0.25) is 0 Å². The molecule has 0 radical (unpaired) electrons. The number of benzene rings is 11. The molecule has 0 unspecified atom stereocenters. The van der Waals surface area contributed by atoms with Gasteiger partial charge in [0.15, 0.2) is 0 Å². The van der Waals surface area contributed by atoms with Gasteiger partial charge in [-0.25, -0.2) is 0 Å². The summed E-state index contributed by atoms with van der Waals surface area (Å²) >= 11 is 0. The summed E-state index contributed by atoms with van der Waals surface area (Å²) in [7, 11) is 0. The molecule has 0 amide bonds. The fraction of sp³-hybridized carbons (Fsp3) is 0. The van der Waals surface area contributed by atoms with E-state index >= 15 is 0 Å². The summed E-state index contributed by atoms with van der Waals surface area (Å²) in [6, 6.07) is 85.4. The average Bonchev–Trinajstić information content (AvgIpc) is 3.74. The summed E-state index contributed by atoms with van der Waals surface area (Å²) < 4.78 is 6.95. The molecule has 2 heteroatoms. The van der Waals surface area contributed by atoms with Gasteiger partial charge in [-0.05, 0) is 126 Å². The molecule has 0 aliphatic carbocycles. The van der Waals surface area contributed by atoms with E-state index in [1.54, 1.807) is 0 Å². The third kappa shape index (κ3) is 6.04. The highest BCUT2D eigenvalue weighted by molar-refractivity contribution is 6.19. The van der Waals surface area contributed by atoms with Crippen molar-refractivity contribution in [2.75, 3.05) is 4.90 Å². The fourth-order valence-electron chi connectivity index (χ4n) is 9.54. The van der Waals surface area contributed by atoms with Gasteiger partial charge < -0.3 is 9.32 Å². The van der Waals surface area contributed by atoms with Crippen molar-refractivity contribution in [1.82, 2.24) is 0 Å². The Morgan fingerprint density at radius 1 is 0.290 bits per heavy atom. The molecule has 1 heterocycles. The molecule has 12 rings (SSSR count). The molecule has 0 fully saturated rings. The van der Waals surface area contributed by atoms with Gasteiger partial charge in [0.1, 0.15) is 11.2 Å². The van der Waals surface area contributed by atoms with Crippen molar-refractivity contribution in [2.24, 2.45) is 0 Å². The zero-order valence-electron chi connectivity index (χ0n) is 33.9. The largest absolute Gasteiger partial charge is 0.455 e. The van der Waals surface area contributed by atoms with Crippen molar-refractivity contribution in [3.63, 3.8) is 0 Å². The van der Waals surface area contributed by atoms with Crippen LogP contribution in [0.2, 0.25) is 0 Å². The standard InChI is InChI=1S/C60H39NO/c1-2-16-40(17-3-1)42-21-12-22-43(36-42)44-23-13-25-47(37-44)61(48-26-14-24-45(38-48)56-39-46-19-5-7-28-50(46)51-29-8-9-30-53(51)56)57-35-34-54(52-32-15-20-41-18-4-6-27-49(41)52)60-59(57)55-31-10-11-33-58(55)62-60/h1-39H. The summed E-state index contributed by atoms with van der Waals surface area (Å²) in [5.74, 6) is 0. The Bertz CT molecular complexity index is 3650. The molecule has 0 spiro atoms. The smallest absolute Gasteiger partial charge is 0.145 e. The second-order valence-corrected chi connectivity index (χ2v) is 16.0. The van der Waals surface area contributed by atoms with Crippen LogP contribution < -0.4 is 4.90 Å². The number of hydrogen-bond acceptors (Lipinski definition) is 2. The molecular formula is C60H39NO. The molecule has 0 aliphatic heterocycles.